The van der Waals surface area contributed by atoms with E-state index in [1.165, 1.54) is 5.56 Å². The summed E-state index contributed by atoms with van der Waals surface area (Å²) in [6.07, 6.45) is 0.842. The van der Waals surface area contributed by atoms with E-state index in [1.54, 1.807) is 27.9 Å². The molecule has 0 unspecified atom stereocenters. The van der Waals surface area contributed by atoms with E-state index in [4.69, 9.17) is 4.74 Å². The molecule has 0 radical (unpaired) electrons. The molecule has 1 aromatic rings. The second-order valence-corrected chi connectivity index (χ2v) is 9.58. The Kier molecular flexibility index (Phi) is 8.22. The maximum absolute atomic E-state index is 12.1. The van der Waals surface area contributed by atoms with Crippen molar-refractivity contribution >= 4 is 15.8 Å². The summed E-state index contributed by atoms with van der Waals surface area (Å²) < 4.78 is 28.6. The van der Waals surface area contributed by atoms with Crippen LogP contribution in [0.5, 0.6) is 5.75 Å². The minimum Gasteiger partial charge on any atom is -0.497 e. The Morgan fingerprint density at radius 1 is 1.16 bits per heavy atom. The molecular formula is C18H31N3O3S. The lowest BCUT2D eigenvalue weighted by molar-refractivity contribution is 0.414. The molecular weight excluding hydrogens is 338 g/mol. The van der Waals surface area contributed by atoms with Crippen molar-refractivity contribution in [3.05, 3.63) is 29.8 Å². The van der Waals surface area contributed by atoms with Crippen molar-refractivity contribution in [3.8, 4) is 5.75 Å². The quantitative estimate of drug-likeness (QED) is 0.541. The number of methoxy groups -OCH3 is 1. The van der Waals surface area contributed by atoms with Gasteiger partial charge in [-0.25, -0.2) is 8.42 Å². The third kappa shape index (κ3) is 7.34. The van der Waals surface area contributed by atoms with Crippen molar-refractivity contribution < 1.29 is 13.2 Å². The number of ether oxygens (including phenoxy) is 1. The molecule has 0 aliphatic rings. The molecule has 7 heteroatoms. The van der Waals surface area contributed by atoms with Crippen LogP contribution < -0.4 is 15.4 Å². The monoisotopic (exact) mass is 369 g/mol. The maximum Gasteiger partial charge on any atom is 0.191 e. The molecule has 0 aliphatic heterocycles. The second kappa shape index (κ2) is 9.65. The SMILES string of the molecule is CCNC(=NCCS(=O)(=O)C(C)(C)C)NCCc1ccc(OC)cc1. The van der Waals surface area contributed by atoms with Gasteiger partial charge >= 0.3 is 0 Å². The summed E-state index contributed by atoms with van der Waals surface area (Å²) in [4.78, 5) is 4.37. The number of nitrogens with zero attached hydrogens (tertiary/aromatic N) is 1. The average molecular weight is 370 g/mol. The fourth-order valence-corrected chi connectivity index (χ4v) is 2.99. The molecule has 0 saturated carbocycles. The number of guanidine groups is 1. The van der Waals surface area contributed by atoms with Gasteiger partial charge in [0.2, 0.25) is 0 Å². The molecule has 0 saturated heterocycles. The minimum absolute atomic E-state index is 0.0472. The van der Waals surface area contributed by atoms with Crippen LogP contribution in [0.25, 0.3) is 0 Å². The summed E-state index contributed by atoms with van der Waals surface area (Å²) in [5.74, 6) is 1.53. The standard InChI is InChI=1S/C18H31N3O3S/c1-6-19-17(21-13-14-25(22,23)18(2,3)4)20-12-11-15-7-9-16(24-5)10-8-15/h7-10H,6,11-14H2,1-5H3,(H2,19,20,21). The zero-order valence-electron chi connectivity index (χ0n) is 15.9. The number of hydrogen-bond donors (Lipinski definition) is 2. The van der Waals surface area contributed by atoms with Crippen LogP contribution in [-0.4, -0.2) is 51.6 Å². The van der Waals surface area contributed by atoms with Crippen LogP contribution in [-0.2, 0) is 16.3 Å². The van der Waals surface area contributed by atoms with Crippen LogP contribution >= 0.6 is 0 Å². The molecule has 0 amide bonds. The Morgan fingerprint density at radius 2 is 1.80 bits per heavy atom. The van der Waals surface area contributed by atoms with Crippen molar-refractivity contribution in [2.45, 2.75) is 38.9 Å². The predicted molar refractivity (Wildman–Crippen MR) is 104 cm³/mol. The van der Waals surface area contributed by atoms with Crippen molar-refractivity contribution in [2.24, 2.45) is 4.99 Å². The van der Waals surface area contributed by atoms with Crippen LogP contribution in [0.1, 0.15) is 33.3 Å². The van der Waals surface area contributed by atoms with Crippen molar-refractivity contribution in [2.75, 3.05) is 32.5 Å². The maximum atomic E-state index is 12.1. The molecule has 0 heterocycles. The lowest BCUT2D eigenvalue weighted by Crippen LogP contribution is -2.39. The molecule has 1 aromatic carbocycles. The molecule has 25 heavy (non-hydrogen) atoms. The molecule has 0 aliphatic carbocycles. The summed E-state index contributed by atoms with van der Waals surface area (Å²) in [6, 6.07) is 7.93. The predicted octanol–water partition coefficient (Wildman–Crippen LogP) is 2.01. The van der Waals surface area contributed by atoms with Gasteiger partial charge in [0.05, 0.1) is 24.2 Å². The van der Waals surface area contributed by atoms with Gasteiger partial charge in [-0.1, -0.05) is 12.1 Å². The largest absolute Gasteiger partial charge is 0.497 e. The van der Waals surface area contributed by atoms with Crippen molar-refractivity contribution in [1.82, 2.24) is 10.6 Å². The van der Waals surface area contributed by atoms with E-state index in [0.717, 1.165) is 18.7 Å². The zero-order valence-corrected chi connectivity index (χ0v) is 16.7. The molecule has 142 valence electrons. The van der Waals surface area contributed by atoms with E-state index in [-0.39, 0.29) is 12.3 Å². The smallest absolute Gasteiger partial charge is 0.191 e. The summed E-state index contributed by atoms with van der Waals surface area (Å²) in [5.41, 5.74) is 1.19. The van der Waals surface area contributed by atoms with Gasteiger partial charge in [-0.2, -0.15) is 0 Å². The second-order valence-electron chi connectivity index (χ2n) is 6.72. The first-order chi connectivity index (χ1) is 11.7. The van der Waals surface area contributed by atoms with Crippen LogP contribution in [0.2, 0.25) is 0 Å². The summed E-state index contributed by atoms with van der Waals surface area (Å²) in [5, 5.41) is 6.37. The van der Waals surface area contributed by atoms with Crippen molar-refractivity contribution in [3.63, 3.8) is 0 Å². The van der Waals surface area contributed by atoms with Gasteiger partial charge in [0.25, 0.3) is 0 Å². The van der Waals surface area contributed by atoms with Gasteiger partial charge in [0.15, 0.2) is 15.8 Å². The summed E-state index contributed by atoms with van der Waals surface area (Å²) >= 11 is 0. The molecule has 1 rings (SSSR count). The number of nitrogens with one attached hydrogen (secondary N) is 2. The Hall–Kier alpha value is -1.76. The molecule has 0 spiro atoms. The molecule has 0 aromatic heterocycles. The van der Waals surface area contributed by atoms with E-state index in [1.807, 2.05) is 31.2 Å². The lowest BCUT2D eigenvalue weighted by atomic mass is 10.1. The number of benzene rings is 1. The van der Waals surface area contributed by atoms with Crippen LogP contribution in [0.4, 0.5) is 0 Å². The Labute approximate surface area is 152 Å². The van der Waals surface area contributed by atoms with Gasteiger partial charge in [-0.05, 0) is 51.8 Å². The topological polar surface area (TPSA) is 79.8 Å². The molecule has 0 bridgehead atoms. The van der Waals surface area contributed by atoms with Crippen LogP contribution in [0, 0.1) is 0 Å². The van der Waals surface area contributed by atoms with Gasteiger partial charge in [-0.15, -0.1) is 0 Å². The molecule has 6 nitrogen and oxygen atoms in total. The zero-order chi connectivity index (χ0) is 18.9. The third-order valence-corrected chi connectivity index (χ3v) is 6.36. The summed E-state index contributed by atoms with van der Waals surface area (Å²) in [7, 11) is -1.50. The van der Waals surface area contributed by atoms with Gasteiger partial charge in [0, 0.05) is 13.1 Å². The first-order valence-corrected chi connectivity index (χ1v) is 10.2. The molecule has 2 N–H and O–H groups in total. The molecule has 0 fully saturated rings. The fourth-order valence-electron chi connectivity index (χ4n) is 2.04. The number of hydrogen-bond acceptors (Lipinski definition) is 4. The number of rotatable bonds is 8. The normalized spacial score (nSPS) is 12.8. The highest BCUT2D eigenvalue weighted by molar-refractivity contribution is 7.92. The number of aliphatic imine (C=N–C) groups is 1. The average Bonchev–Trinajstić information content (AvgIpc) is 2.54. The fraction of sp³-hybridized carbons (Fsp3) is 0.611. The first kappa shape index (κ1) is 21.3. The van der Waals surface area contributed by atoms with E-state index >= 15 is 0 Å². The van der Waals surface area contributed by atoms with E-state index < -0.39 is 14.6 Å². The highest BCUT2D eigenvalue weighted by Crippen LogP contribution is 2.15. The van der Waals surface area contributed by atoms with Crippen LogP contribution in [0.15, 0.2) is 29.3 Å². The lowest BCUT2D eigenvalue weighted by Gasteiger charge is -2.18. The van der Waals surface area contributed by atoms with E-state index in [0.29, 0.717) is 12.5 Å². The van der Waals surface area contributed by atoms with Gasteiger partial charge < -0.3 is 15.4 Å². The Morgan fingerprint density at radius 3 is 2.32 bits per heavy atom. The van der Waals surface area contributed by atoms with Crippen molar-refractivity contribution in [1.29, 1.82) is 0 Å². The Balaban J connectivity index is 2.52. The molecule has 0 atom stereocenters. The first-order valence-electron chi connectivity index (χ1n) is 8.57. The highest BCUT2D eigenvalue weighted by atomic mass is 32.2. The van der Waals surface area contributed by atoms with Gasteiger partial charge in [0.1, 0.15) is 5.75 Å². The Bertz CT molecular complexity index is 647. The highest BCUT2D eigenvalue weighted by Gasteiger charge is 2.28. The van der Waals surface area contributed by atoms with Crippen LogP contribution in [0.3, 0.4) is 0 Å². The van der Waals surface area contributed by atoms with E-state index in [2.05, 4.69) is 15.6 Å². The van der Waals surface area contributed by atoms with E-state index in [9.17, 15) is 8.42 Å². The minimum atomic E-state index is -3.15. The third-order valence-electron chi connectivity index (χ3n) is 3.77. The summed E-state index contributed by atoms with van der Waals surface area (Å²) in [6.45, 7) is 8.80. The van der Waals surface area contributed by atoms with Gasteiger partial charge in [-0.3, -0.25) is 4.99 Å². The number of sulfone groups is 1.